The monoisotopic (exact) mass is 401 g/mol. The van der Waals surface area contributed by atoms with Crippen LogP contribution in [0.25, 0.3) is 11.1 Å². The number of nitrogens with one attached hydrogen (secondary N) is 1. The van der Waals surface area contributed by atoms with Crippen LogP contribution in [0, 0.1) is 5.92 Å². The van der Waals surface area contributed by atoms with E-state index >= 15 is 0 Å². The number of carboxylic acid groups (broad SMARTS) is 1. The van der Waals surface area contributed by atoms with E-state index in [0.717, 1.165) is 23.9 Å². The van der Waals surface area contributed by atoms with Crippen LogP contribution in [0.15, 0.2) is 22.6 Å². The number of fused-ring (bicyclic) bond motifs is 1. The van der Waals surface area contributed by atoms with Crippen LogP contribution in [-0.2, 0) is 6.42 Å². The molecule has 2 N–H and O–H groups in total. The number of aromatic nitrogens is 1. The van der Waals surface area contributed by atoms with Crippen molar-refractivity contribution in [2.45, 2.75) is 71.1 Å². The second-order valence-electron chi connectivity index (χ2n) is 8.31. The predicted octanol–water partition coefficient (Wildman–Crippen LogP) is 5.92. The van der Waals surface area contributed by atoms with Crippen LogP contribution in [0.5, 0.6) is 0 Å². The number of anilines is 1. The average molecular weight is 402 g/mol. The molecule has 0 bridgehead atoms. The number of hydrogen-bond acceptors (Lipinski definition) is 4. The molecule has 1 aliphatic rings. The van der Waals surface area contributed by atoms with E-state index in [2.05, 4.69) is 29.4 Å². The topological polar surface area (TPSA) is 78.6 Å². The molecule has 2 aromatic rings. The van der Waals surface area contributed by atoms with Gasteiger partial charge >= 0.3 is 6.09 Å². The molecule has 1 amide bonds. The maximum absolute atomic E-state index is 11.0. The summed E-state index contributed by atoms with van der Waals surface area (Å²) in [5.74, 6) is 0.304. The van der Waals surface area contributed by atoms with Gasteiger partial charge in [0.25, 0.3) is 6.01 Å². The van der Waals surface area contributed by atoms with Gasteiger partial charge in [-0.15, -0.1) is 0 Å². The summed E-state index contributed by atoms with van der Waals surface area (Å²) >= 11 is 0. The molecule has 6 heteroatoms. The second kappa shape index (κ2) is 11.1. The highest BCUT2D eigenvalue weighted by Crippen LogP contribution is 2.23. The van der Waals surface area contributed by atoms with E-state index < -0.39 is 6.09 Å². The number of hydrogen-bond donors (Lipinski definition) is 2. The molecule has 1 fully saturated rings. The third-order valence-electron chi connectivity index (χ3n) is 5.87. The van der Waals surface area contributed by atoms with Crippen molar-refractivity contribution in [1.82, 2.24) is 9.88 Å². The summed E-state index contributed by atoms with van der Waals surface area (Å²) in [6, 6.07) is 6.81. The van der Waals surface area contributed by atoms with Gasteiger partial charge in [0, 0.05) is 19.6 Å². The van der Waals surface area contributed by atoms with Crippen LogP contribution in [-0.4, -0.2) is 40.7 Å². The van der Waals surface area contributed by atoms with Crippen LogP contribution >= 0.6 is 0 Å². The quantitative estimate of drug-likeness (QED) is 0.431. The highest BCUT2D eigenvalue weighted by Gasteiger charge is 2.25. The molecular formula is C23H35N3O3. The Balaban J connectivity index is 1.40. The summed E-state index contributed by atoms with van der Waals surface area (Å²) in [7, 11) is 0. The van der Waals surface area contributed by atoms with Crippen LogP contribution in [0.2, 0.25) is 0 Å². The second-order valence-corrected chi connectivity index (χ2v) is 8.31. The van der Waals surface area contributed by atoms with Crippen LogP contribution in [0.1, 0.15) is 70.3 Å². The number of nitrogens with zero attached hydrogens (tertiary/aromatic N) is 2. The number of unbranched alkanes of at least 4 members (excludes halogenated alkanes) is 7. The SMILES string of the molecule is CCCCCCCCCCc1ccc2oc(NC[C@H]3CCN(C(=O)O)C3)nc2c1. The Bertz CT molecular complexity index is 774. The van der Waals surface area contributed by atoms with Gasteiger partial charge in [0.15, 0.2) is 5.58 Å². The first-order chi connectivity index (χ1) is 14.2. The van der Waals surface area contributed by atoms with Gasteiger partial charge in [-0.1, -0.05) is 57.9 Å². The minimum atomic E-state index is -0.835. The molecule has 160 valence electrons. The summed E-state index contributed by atoms with van der Waals surface area (Å²) in [5, 5.41) is 12.3. The first kappa shape index (κ1) is 21.5. The number of amides is 1. The van der Waals surface area contributed by atoms with Gasteiger partial charge in [-0.2, -0.15) is 4.98 Å². The predicted molar refractivity (Wildman–Crippen MR) is 117 cm³/mol. The maximum atomic E-state index is 11.0. The Kier molecular flexibility index (Phi) is 8.20. The lowest BCUT2D eigenvalue weighted by atomic mass is 10.0. The Morgan fingerprint density at radius 3 is 2.69 bits per heavy atom. The summed E-state index contributed by atoms with van der Waals surface area (Å²) in [6.45, 7) is 4.12. The zero-order chi connectivity index (χ0) is 20.5. The molecule has 29 heavy (non-hydrogen) atoms. The Morgan fingerprint density at radius 1 is 1.21 bits per heavy atom. The first-order valence-electron chi connectivity index (χ1n) is 11.3. The van der Waals surface area contributed by atoms with Crippen molar-refractivity contribution in [3.05, 3.63) is 23.8 Å². The lowest BCUT2D eigenvalue weighted by Crippen LogP contribution is -2.27. The van der Waals surface area contributed by atoms with Crippen molar-refractivity contribution in [3.63, 3.8) is 0 Å². The number of likely N-dealkylation sites (tertiary alicyclic amines) is 1. The zero-order valence-electron chi connectivity index (χ0n) is 17.7. The molecule has 0 aliphatic carbocycles. The maximum Gasteiger partial charge on any atom is 0.407 e. The fraction of sp³-hybridized carbons (Fsp3) is 0.652. The molecule has 1 aromatic heterocycles. The zero-order valence-corrected chi connectivity index (χ0v) is 17.7. The molecule has 1 aliphatic heterocycles. The fourth-order valence-corrected chi connectivity index (χ4v) is 4.07. The Morgan fingerprint density at radius 2 is 1.97 bits per heavy atom. The molecule has 3 rings (SSSR count). The molecule has 6 nitrogen and oxygen atoms in total. The molecule has 1 aromatic carbocycles. The summed E-state index contributed by atoms with van der Waals surface area (Å²) in [4.78, 5) is 17.0. The van der Waals surface area contributed by atoms with E-state index in [1.54, 1.807) is 0 Å². The van der Waals surface area contributed by atoms with E-state index in [1.807, 2.05) is 6.07 Å². The summed E-state index contributed by atoms with van der Waals surface area (Å²) in [6.07, 6.45) is 11.8. The molecule has 0 spiro atoms. The minimum Gasteiger partial charge on any atom is -0.465 e. The van der Waals surface area contributed by atoms with Crippen molar-refractivity contribution in [3.8, 4) is 0 Å². The highest BCUT2D eigenvalue weighted by molar-refractivity contribution is 5.75. The number of oxazole rings is 1. The highest BCUT2D eigenvalue weighted by atomic mass is 16.4. The van der Waals surface area contributed by atoms with E-state index in [9.17, 15) is 4.79 Å². The van der Waals surface area contributed by atoms with Gasteiger partial charge < -0.3 is 19.7 Å². The van der Waals surface area contributed by atoms with E-state index in [1.165, 1.54) is 61.8 Å². The van der Waals surface area contributed by atoms with E-state index in [4.69, 9.17) is 9.52 Å². The molecule has 0 saturated carbocycles. The lowest BCUT2D eigenvalue weighted by molar-refractivity contribution is 0.154. The normalized spacial score (nSPS) is 16.6. The van der Waals surface area contributed by atoms with Crippen LogP contribution < -0.4 is 5.32 Å². The molecule has 1 atom stereocenters. The fourth-order valence-electron chi connectivity index (χ4n) is 4.07. The van der Waals surface area contributed by atoms with Crippen molar-refractivity contribution in [2.75, 3.05) is 25.0 Å². The first-order valence-corrected chi connectivity index (χ1v) is 11.3. The standard InChI is InChI=1S/C23H35N3O3/c1-2-3-4-5-6-7-8-9-10-18-11-12-21-20(15-18)25-22(29-21)24-16-19-13-14-26(17-19)23(27)28/h11-12,15,19H,2-10,13-14,16-17H2,1H3,(H,24,25)(H,27,28)/t19-/m1/s1. The molecule has 2 heterocycles. The summed E-state index contributed by atoms with van der Waals surface area (Å²) < 4.78 is 5.79. The van der Waals surface area contributed by atoms with Crippen molar-refractivity contribution < 1.29 is 14.3 Å². The van der Waals surface area contributed by atoms with Crippen molar-refractivity contribution >= 4 is 23.2 Å². The van der Waals surface area contributed by atoms with Gasteiger partial charge in [0.1, 0.15) is 5.52 Å². The van der Waals surface area contributed by atoms with Gasteiger partial charge in [0.2, 0.25) is 0 Å². The van der Waals surface area contributed by atoms with Gasteiger partial charge in [-0.05, 0) is 42.9 Å². The minimum absolute atomic E-state index is 0.304. The average Bonchev–Trinajstić information content (AvgIpc) is 3.34. The number of carbonyl (C=O) groups is 1. The number of aryl methyl sites for hydroxylation is 1. The lowest BCUT2D eigenvalue weighted by Gasteiger charge is -2.12. The largest absolute Gasteiger partial charge is 0.465 e. The third kappa shape index (κ3) is 6.65. The number of rotatable bonds is 12. The van der Waals surface area contributed by atoms with E-state index in [0.29, 0.717) is 31.6 Å². The third-order valence-corrected chi connectivity index (χ3v) is 5.87. The summed E-state index contributed by atoms with van der Waals surface area (Å²) in [5.41, 5.74) is 3.00. The van der Waals surface area contributed by atoms with E-state index in [-0.39, 0.29) is 0 Å². The number of benzene rings is 1. The van der Waals surface area contributed by atoms with Gasteiger partial charge in [0.05, 0.1) is 0 Å². The molecule has 0 unspecified atom stereocenters. The smallest absolute Gasteiger partial charge is 0.407 e. The van der Waals surface area contributed by atoms with Gasteiger partial charge in [-0.3, -0.25) is 0 Å². The Hall–Kier alpha value is -2.24. The molecular weight excluding hydrogens is 366 g/mol. The van der Waals surface area contributed by atoms with Crippen molar-refractivity contribution in [1.29, 1.82) is 0 Å². The van der Waals surface area contributed by atoms with Gasteiger partial charge in [-0.25, -0.2) is 4.79 Å². The van der Waals surface area contributed by atoms with Crippen molar-refractivity contribution in [2.24, 2.45) is 5.92 Å². The molecule has 0 radical (unpaired) electrons. The van der Waals surface area contributed by atoms with Crippen LogP contribution in [0.3, 0.4) is 0 Å². The molecule has 1 saturated heterocycles. The van der Waals surface area contributed by atoms with Crippen LogP contribution in [0.4, 0.5) is 10.8 Å². The Labute approximate surface area is 173 Å².